The van der Waals surface area contributed by atoms with Crippen LogP contribution in [0, 0.1) is 6.92 Å². The second kappa shape index (κ2) is 8.90. The van der Waals surface area contributed by atoms with Crippen LogP contribution < -0.4 is 10.0 Å². The Bertz CT molecular complexity index is 1310. The van der Waals surface area contributed by atoms with Crippen molar-refractivity contribution in [2.75, 3.05) is 10.0 Å². The zero-order valence-electron chi connectivity index (χ0n) is 16.8. The summed E-state index contributed by atoms with van der Waals surface area (Å²) in [5.74, 6) is -2.02. The molecule has 0 atom stereocenters. The summed E-state index contributed by atoms with van der Waals surface area (Å²) in [6.07, 6.45) is -3.96. The number of amides is 1. The lowest BCUT2D eigenvalue weighted by Crippen LogP contribution is -2.15. The summed E-state index contributed by atoms with van der Waals surface area (Å²) >= 11 is 0. The van der Waals surface area contributed by atoms with E-state index in [9.17, 15) is 36.3 Å². The number of carbonyl (C=O) groups is 2. The number of carbonyl (C=O) groups excluding carboxylic acids is 1. The summed E-state index contributed by atoms with van der Waals surface area (Å²) in [5.41, 5.74) is -0.498. The first-order valence-corrected chi connectivity index (χ1v) is 10.7. The largest absolute Gasteiger partial charge is 0.478 e. The molecule has 12 heteroatoms. The number of aryl methyl sites for hydroxylation is 1. The van der Waals surface area contributed by atoms with Crippen molar-refractivity contribution in [3.8, 4) is 0 Å². The van der Waals surface area contributed by atoms with Crippen LogP contribution in [0.15, 0.2) is 65.7 Å². The summed E-state index contributed by atoms with van der Waals surface area (Å²) in [6, 6.07) is 10.7. The van der Waals surface area contributed by atoms with Gasteiger partial charge in [0.25, 0.3) is 15.9 Å². The Balaban J connectivity index is 1.71. The van der Waals surface area contributed by atoms with E-state index in [0.29, 0.717) is 11.8 Å². The highest BCUT2D eigenvalue weighted by molar-refractivity contribution is 7.92. The SMILES string of the molecule is Cc1ccc(S(=O)(=O)Nc2ccc(C(=O)Nc3ccc(C(F)(F)F)cn3)cc2)cc1C(=O)O. The van der Waals surface area contributed by atoms with Gasteiger partial charge in [-0.15, -0.1) is 0 Å². The maximum absolute atomic E-state index is 12.6. The Labute approximate surface area is 186 Å². The minimum absolute atomic E-state index is 0.0913. The van der Waals surface area contributed by atoms with Crippen molar-refractivity contribution in [2.45, 2.75) is 18.0 Å². The number of pyridine rings is 1. The normalized spacial score (nSPS) is 11.6. The van der Waals surface area contributed by atoms with Crippen LogP contribution in [0.2, 0.25) is 0 Å². The third kappa shape index (κ3) is 5.66. The van der Waals surface area contributed by atoms with Gasteiger partial charge in [-0.25, -0.2) is 18.2 Å². The third-order valence-corrected chi connectivity index (χ3v) is 5.86. The molecule has 0 radical (unpaired) electrons. The molecule has 33 heavy (non-hydrogen) atoms. The smallest absolute Gasteiger partial charge is 0.417 e. The number of alkyl halides is 3. The van der Waals surface area contributed by atoms with Crippen molar-refractivity contribution in [1.82, 2.24) is 4.98 Å². The van der Waals surface area contributed by atoms with E-state index in [1.807, 2.05) is 0 Å². The molecule has 0 aliphatic carbocycles. The van der Waals surface area contributed by atoms with Gasteiger partial charge >= 0.3 is 12.1 Å². The fourth-order valence-corrected chi connectivity index (χ4v) is 3.81. The molecule has 3 aromatic rings. The second-order valence-electron chi connectivity index (χ2n) is 6.85. The summed E-state index contributed by atoms with van der Waals surface area (Å²) in [5, 5.41) is 11.5. The number of aromatic nitrogens is 1. The molecule has 172 valence electrons. The average Bonchev–Trinajstić information content (AvgIpc) is 2.73. The molecule has 2 aromatic carbocycles. The first kappa shape index (κ1) is 23.7. The van der Waals surface area contributed by atoms with Gasteiger partial charge in [-0.05, 0) is 61.0 Å². The van der Waals surface area contributed by atoms with Gasteiger partial charge in [0, 0.05) is 17.4 Å². The van der Waals surface area contributed by atoms with E-state index in [0.717, 1.165) is 18.2 Å². The topological polar surface area (TPSA) is 125 Å². The van der Waals surface area contributed by atoms with Gasteiger partial charge in [0.2, 0.25) is 0 Å². The summed E-state index contributed by atoms with van der Waals surface area (Å²) in [4.78, 5) is 26.8. The molecule has 0 saturated heterocycles. The Morgan fingerprint density at radius 3 is 2.21 bits per heavy atom. The summed E-state index contributed by atoms with van der Waals surface area (Å²) in [6.45, 7) is 1.54. The third-order valence-electron chi connectivity index (χ3n) is 4.48. The second-order valence-corrected chi connectivity index (χ2v) is 8.53. The number of aromatic carboxylic acids is 1. The molecule has 1 amide bonds. The quantitative estimate of drug-likeness (QED) is 0.488. The van der Waals surface area contributed by atoms with E-state index in [4.69, 9.17) is 0 Å². The molecular formula is C21H16F3N3O5S. The number of rotatable bonds is 6. The predicted octanol–water partition coefficient (Wildman–Crippen LogP) is 4.16. The molecule has 0 bridgehead atoms. The van der Waals surface area contributed by atoms with Crippen molar-refractivity contribution in [3.63, 3.8) is 0 Å². The van der Waals surface area contributed by atoms with Crippen molar-refractivity contribution in [2.24, 2.45) is 0 Å². The first-order chi connectivity index (χ1) is 15.4. The van der Waals surface area contributed by atoms with Crippen molar-refractivity contribution in [3.05, 3.63) is 83.0 Å². The van der Waals surface area contributed by atoms with Gasteiger partial charge in [0.15, 0.2) is 0 Å². The zero-order chi connectivity index (χ0) is 24.4. The van der Waals surface area contributed by atoms with E-state index in [-0.39, 0.29) is 27.5 Å². The molecule has 0 spiro atoms. The predicted molar refractivity (Wildman–Crippen MR) is 113 cm³/mol. The molecule has 3 rings (SSSR count). The zero-order valence-corrected chi connectivity index (χ0v) is 17.7. The molecule has 1 heterocycles. The number of carboxylic acid groups (broad SMARTS) is 1. The number of carboxylic acids is 1. The maximum Gasteiger partial charge on any atom is 0.417 e. The highest BCUT2D eigenvalue weighted by atomic mass is 32.2. The molecule has 0 aliphatic heterocycles. The first-order valence-electron chi connectivity index (χ1n) is 9.18. The number of hydrogen-bond acceptors (Lipinski definition) is 5. The van der Waals surface area contributed by atoms with Crippen LogP contribution in [-0.4, -0.2) is 30.4 Å². The van der Waals surface area contributed by atoms with Crippen LogP contribution in [0.5, 0.6) is 0 Å². The van der Waals surface area contributed by atoms with Gasteiger partial charge in [-0.3, -0.25) is 9.52 Å². The number of anilines is 2. The van der Waals surface area contributed by atoms with Crippen molar-refractivity contribution in [1.29, 1.82) is 0 Å². The van der Waals surface area contributed by atoms with Crippen LogP contribution in [0.1, 0.15) is 31.8 Å². The van der Waals surface area contributed by atoms with Crippen LogP contribution in [0.3, 0.4) is 0 Å². The highest BCUT2D eigenvalue weighted by Gasteiger charge is 2.30. The lowest BCUT2D eigenvalue weighted by atomic mass is 10.1. The van der Waals surface area contributed by atoms with E-state index in [1.54, 1.807) is 0 Å². The monoisotopic (exact) mass is 479 g/mol. The number of hydrogen-bond donors (Lipinski definition) is 3. The van der Waals surface area contributed by atoms with E-state index >= 15 is 0 Å². The van der Waals surface area contributed by atoms with Gasteiger partial charge in [0.1, 0.15) is 5.82 Å². The Hall–Kier alpha value is -3.93. The van der Waals surface area contributed by atoms with Crippen LogP contribution in [0.4, 0.5) is 24.7 Å². The standard InChI is InChI=1S/C21H16F3N3O5S/c1-12-2-8-16(10-17(12)20(29)30)33(31,32)27-15-6-3-13(4-7-15)19(28)26-18-9-5-14(11-25-18)21(22,23)24/h2-11,27H,1H3,(H,29,30)(H,25,26,28). The summed E-state index contributed by atoms with van der Waals surface area (Å²) < 4.78 is 65.2. The number of halogens is 3. The lowest BCUT2D eigenvalue weighted by Gasteiger charge is -2.11. The molecule has 3 N–H and O–H groups in total. The minimum atomic E-state index is -4.55. The lowest BCUT2D eigenvalue weighted by molar-refractivity contribution is -0.137. The molecule has 0 fully saturated rings. The average molecular weight is 479 g/mol. The molecule has 0 unspecified atom stereocenters. The van der Waals surface area contributed by atoms with E-state index in [1.165, 1.54) is 43.3 Å². The maximum atomic E-state index is 12.6. The van der Waals surface area contributed by atoms with Gasteiger partial charge in [-0.1, -0.05) is 6.07 Å². The van der Waals surface area contributed by atoms with E-state index in [2.05, 4.69) is 15.0 Å². The van der Waals surface area contributed by atoms with Gasteiger partial charge < -0.3 is 10.4 Å². The number of sulfonamides is 1. The van der Waals surface area contributed by atoms with Crippen molar-refractivity contribution < 1.29 is 36.3 Å². The number of nitrogens with zero attached hydrogens (tertiary/aromatic N) is 1. The molecule has 0 saturated carbocycles. The Morgan fingerprint density at radius 2 is 1.67 bits per heavy atom. The fourth-order valence-electron chi connectivity index (χ4n) is 2.73. The molecular weight excluding hydrogens is 463 g/mol. The van der Waals surface area contributed by atoms with Crippen LogP contribution >= 0.6 is 0 Å². The Kier molecular flexibility index (Phi) is 6.40. The van der Waals surface area contributed by atoms with Gasteiger partial charge in [-0.2, -0.15) is 13.2 Å². The number of nitrogens with one attached hydrogen (secondary N) is 2. The summed E-state index contributed by atoms with van der Waals surface area (Å²) in [7, 11) is -4.10. The van der Waals surface area contributed by atoms with Crippen LogP contribution in [0.25, 0.3) is 0 Å². The molecule has 0 aliphatic rings. The fraction of sp³-hybridized carbons (Fsp3) is 0.0952. The van der Waals surface area contributed by atoms with Crippen LogP contribution in [-0.2, 0) is 16.2 Å². The highest BCUT2D eigenvalue weighted by Crippen LogP contribution is 2.29. The van der Waals surface area contributed by atoms with Crippen molar-refractivity contribution >= 4 is 33.4 Å². The molecule has 8 nitrogen and oxygen atoms in total. The Morgan fingerprint density at radius 1 is 1.00 bits per heavy atom. The van der Waals surface area contributed by atoms with Gasteiger partial charge in [0.05, 0.1) is 16.0 Å². The molecule has 1 aromatic heterocycles. The minimum Gasteiger partial charge on any atom is -0.478 e. The van der Waals surface area contributed by atoms with E-state index < -0.39 is 33.6 Å². The number of benzene rings is 2.